The lowest BCUT2D eigenvalue weighted by Crippen LogP contribution is -2.45. The van der Waals surface area contributed by atoms with Gasteiger partial charge in [0.2, 0.25) is 10.0 Å². The summed E-state index contributed by atoms with van der Waals surface area (Å²) < 4.78 is 71.6. The standard InChI is InChI=1S/C22H29F3N2O5S/c1-15-11-16(2)13-26(12-15)20(28)14-32-21(29)17-7-9-27(10-8-17)33(30,31)19-6-4-3-5-18(19)22(23,24)25/h3-6,15-17H,7-14H2,1-2H3. The number of nitrogens with zero attached hydrogens (tertiary/aromatic N) is 2. The highest BCUT2D eigenvalue weighted by atomic mass is 32.2. The molecule has 0 aromatic heterocycles. The summed E-state index contributed by atoms with van der Waals surface area (Å²) in [6.07, 6.45) is -3.54. The number of sulfonamides is 1. The van der Waals surface area contributed by atoms with Gasteiger partial charge in [-0.25, -0.2) is 8.42 Å². The van der Waals surface area contributed by atoms with Crippen LogP contribution in [0, 0.1) is 17.8 Å². The van der Waals surface area contributed by atoms with Crippen molar-refractivity contribution in [1.29, 1.82) is 0 Å². The van der Waals surface area contributed by atoms with Crippen LogP contribution < -0.4 is 0 Å². The van der Waals surface area contributed by atoms with Gasteiger partial charge in [-0.3, -0.25) is 9.59 Å². The summed E-state index contributed by atoms with van der Waals surface area (Å²) in [5, 5.41) is 0. The van der Waals surface area contributed by atoms with Gasteiger partial charge >= 0.3 is 12.1 Å². The van der Waals surface area contributed by atoms with E-state index in [2.05, 4.69) is 13.8 Å². The Balaban J connectivity index is 1.55. The van der Waals surface area contributed by atoms with Crippen molar-refractivity contribution in [3.8, 4) is 0 Å². The summed E-state index contributed by atoms with van der Waals surface area (Å²) in [6, 6.07) is 4.05. The van der Waals surface area contributed by atoms with E-state index in [1.54, 1.807) is 4.90 Å². The fourth-order valence-electron chi connectivity index (χ4n) is 4.61. The highest BCUT2D eigenvalue weighted by molar-refractivity contribution is 7.89. The van der Waals surface area contributed by atoms with E-state index < -0.39 is 38.5 Å². The van der Waals surface area contributed by atoms with Gasteiger partial charge in [0.1, 0.15) is 0 Å². The van der Waals surface area contributed by atoms with E-state index >= 15 is 0 Å². The second-order valence-corrected chi connectivity index (χ2v) is 10.9. The van der Waals surface area contributed by atoms with E-state index in [0.717, 1.165) is 28.9 Å². The van der Waals surface area contributed by atoms with Gasteiger partial charge in [0, 0.05) is 26.2 Å². The molecule has 184 valence electrons. The minimum Gasteiger partial charge on any atom is -0.455 e. The Kier molecular flexibility index (Phi) is 7.73. The van der Waals surface area contributed by atoms with Crippen molar-refractivity contribution in [1.82, 2.24) is 9.21 Å². The summed E-state index contributed by atoms with van der Waals surface area (Å²) in [7, 11) is -4.38. The number of likely N-dealkylation sites (tertiary alicyclic amines) is 1. The first-order chi connectivity index (χ1) is 15.4. The fourth-order valence-corrected chi connectivity index (χ4v) is 6.29. The number of amides is 1. The number of halogens is 3. The molecule has 0 saturated carbocycles. The molecular weight excluding hydrogens is 461 g/mol. The van der Waals surface area contributed by atoms with E-state index in [1.165, 1.54) is 6.07 Å². The number of hydrogen-bond acceptors (Lipinski definition) is 5. The average molecular weight is 491 g/mol. The van der Waals surface area contributed by atoms with Crippen LogP contribution in [0.4, 0.5) is 13.2 Å². The lowest BCUT2D eigenvalue weighted by Gasteiger charge is -2.35. The van der Waals surface area contributed by atoms with Gasteiger partial charge in [0.15, 0.2) is 6.61 Å². The highest BCUT2D eigenvalue weighted by Gasteiger charge is 2.40. The van der Waals surface area contributed by atoms with Gasteiger partial charge in [0.05, 0.1) is 16.4 Å². The van der Waals surface area contributed by atoms with E-state index in [4.69, 9.17) is 4.74 Å². The van der Waals surface area contributed by atoms with Crippen molar-refractivity contribution < 1.29 is 35.9 Å². The van der Waals surface area contributed by atoms with Crippen molar-refractivity contribution in [2.45, 2.75) is 44.2 Å². The third-order valence-corrected chi connectivity index (χ3v) is 8.11. The first-order valence-corrected chi connectivity index (χ1v) is 12.4. The van der Waals surface area contributed by atoms with E-state index in [9.17, 15) is 31.2 Å². The molecule has 2 atom stereocenters. The van der Waals surface area contributed by atoms with Crippen LogP contribution >= 0.6 is 0 Å². The lowest BCUT2D eigenvalue weighted by atomic mass is 9.92. The molecule has 3 rings (SSSR count). The minimum absolute atomic E-state index is 0.108. The van der Waals surface area contributed by atoms with Gasteiger partial charge in [-0.05, 0) is 43.2 Å². The number of carbonyl (C=O) groups is 2. The number of carbonyl (C=O) groups excluding carboxylic acids is 2. The number of rotatable bonds is 5. The van der Waals surface area contributed by atoms with Crippen molar-refractivity contribution in [2.24, 2.45) is 17.8 Å². The molecule has 0 bridgehead atoms. The van der Waals surface area contributed by atoms with Gasteiger partial charge in [-0.2, -0.15) is 17.5 Å². The summed E-state index contributed by atoms with van der Waals surface area (Å²) in [4.78, 5) is 25.7. The Morgan fingerprint density at radius 1 is 1.06 bits per heavy atom. The quantitative estimate of drug-likeness (QED) is 0.592. The first kappa shape index (κ1) is 25.5. The van der Waals surface area contributed by atoms with Crippen molar-refractivity contribution >= 4 is 21.9 Å². The van der Waals surface area contributed by atoms with E-state index in [-0.39, 0.29) is 38.4 Å². The molecule has 1 aromatic rings. The van der Waals surface area contributed by atoms with Crippen LogP contribution in [-0.4, -0.2) is 62.3 Å². The summed E-state index contributed by atoms with van der Waals surface area (Å²) in [5.41, 5.74) is -1.22. The summed E-state index contributed by atoms with van der Waals surface area (Å²) >= 11 is 0. The van der Waals surface area contributed by atoms with Crippen LogP contribution in [-0.2, 0) is 30.5 Å². The average Bonchev–Trinajstić information content (AvgIpc) is 2.76. The maximum absolute atomic E-state index is 13.3. The molecule has 0 spiro atoms. The molecule has 1 amide bonds. The van der Waals surface area contributed by atoms with Crippen molar-refractivity contribution in [3.63, 3.8) is 0 Å². The third-order valence-electron chi connectivity index (χ3n) is 6.16. The smallest absolute Gasteiger partial charge is 0.417 e. The molecule has 7 nitrogen and oxygen atoms in total. The summed E-state index contributed by atoms with van der Waals surface area (Å²) in [6.45, 7) is 4.79. The molecular formula is C22H29F3N2O5S. The van der Waals surface area contributed by atoms with Gasteiger partial charge in [-0.15, -0.1) is 0 Å². The molecule has 2 aliphatic rings. The molecule has 2 saturated heterocycles. The number of alkyl halides is 3. The molecule has 33 heavy (non-hydrogen) atoms. The Bertz CT molecular complexity index is 964. The van der Waals surface area contributed by atoms with Crippen LogP contribution in [0.3, 0.4) is 0 Å². The highest BCUT2D eigenvalue weighted by Crippen LogP contribution is 2.36. The molecule has 0 aliphatic carbocycles. The van der Waals surface area contributed by atoms with Crippen molar-refractivity contribution in [3.05, 3.63) is 29.8 Å². The van der Waals surface area contributed by atoms with Gasteiger partial charge < -0.3 is 9.64 Å². The maximum Gasteiger partial charge on any atom is 0.417 e. The molecule has 1 aromatic carbocycles. The van der Waals surface area contributed by atoms with Crippen molar-refractivity contribution in [2.75, 3.05) is 32.8 Å². The monoisotopic (exact) mass is 490 g/mol. The zero-order chi connectivity index (χ0) is 24.4. The van der Waals surface area contributed by atoms with Crippen LogP contribution in [0.15, 0.2) is 29.2 Å². The fraction of sp³-hybridized carbons (Fsp3) is 0.636. The van der Waals surface area contributed by atoms with Gasteiger partial charge in [-0.1, -0.05) is 26.0 Å². The first-order valence-electron chi connectivity index (χ1n) is 11.0. The SMILES string of the molecule is CC1CC(C)CN(C(=O)COC(=O)C2CCN(S(=O)(=O)c3ccccc3C(F)(F)F)CC2)C1. The topological polar surface area (TPSA) is 84.0 Å². The number of ether oxygens (including phenoxy) is 1. The third kappa shape index (κ3) is 6.06. The Hall–Kier alpha value is -2.14. The Labute approximate surface area is 191 Å². The maximum atomic E-state index is 13.3. The number of piperidine rings is 2. The van der Waals surface area contributed by atoms with Crippen LogP contribution in [0.5, 0.6) is 0 Å². The molecule has 0 radical (unpaired) electrons. The van der Waals surface area contributed by atoms with Crippen LogP contribution in [0.25, 0.3) is 0 Å². The normalized spacial score (nSPS) is 23.4. The second kappa shape index (κ2) is 10.0. The van der Waals surface area contributed by atoms with Crippen LogP contribution in [0.1, 0.15) is 38.7 Å². The van der Waals surface area contributed by atoms with Crippen LogP contribution in [0.2, 0.25) is 0 Å². The predicted molar refractivity (Wildman–Crippen MR) is 113 cm³/mol. The summed E-state index contributed by atoms with van der Waals surface area (Å²) in [5.74, 6) is -0.703. The van der Waals surface area contributed by atoms with Gasteiger partial charge in [0.25, 0.3) is 5.91 Å². The number of esters is 1. The zero-order valence-corrected chi connectivity index (χ0v) is 19.5. The Morgan fingerprint density at radius 2 is 1.64 bits per heavy atom. The molecule has 11 heteroatoms. The predicted octanol–water partition coefficient (Wildman–Crippen LogP) is 3.15. The molecule has 2 unspecified atom stereocenters. The zero-order valence-electron chi connectivity index (χ0n) is 18.7. The second-order valence-electron chi connectivity index (χ2n) is 9.02. The van der Waals surface area contributed by atoms with E-state index in [1.807, 2.05) is 0 Å². The van der Waals surface area contributed by atoms with E-state index in [0.29, 0.717) is 24.9 Å². The molecule has 2 aliphatic heterocycles. The lowest BCUT2D eigenvalue weighted by molar-refractivity contribution is -0.157. The molecule has 2 heterocycles. The molecule has 0 N–H and O–H groups in total. The largest absolute Gasteiger partial charge is 0.455 e. The Morgan fingerprint density at radius 3 is 2.21 bits per heavy atom. The minimum atomic E-state index is -4.80. The molecule has 2 fully saturated rings. The number of hydrogen-bond donors (Lipinski definition) is 0. The number of benzene rings is 1.